The molecule has 2 N–H and O–H groups in total. The first-order chi connectivity index (χ1) is 10.8. The number of unbranched alkanes of at least 4 members (excludes halogenated alkanes) is 8. The van der Waals surface area contributed by atoms with Gasteiger partial charge >= 0.3 is 0 Å². The van der Waals surface area contributed by atoms with Gasteiger partial charge in [0, 0.05) is 20.0 Å². The number of carbonyl (C=O) groups is 1. The van der Waals surface area contributed by atoms with Crippen molar-refractivity contribution in [3.8, 4) is 0 Å². The van der Waals surface area contributed by atoms with Gasteiger partial charge in [0.1, 0.15) is 5.75 Å². The predicted molar refractivity (Wildman–Crippen MR) is 91.9 cm³/mol. The highest BCUT2D eigenvalue weighted by Crippen LogP contribution is 2.11. The molecular formula is C16H33NO5S. The molecule has 0 aromatic rings. The predicted octanol–water partition coefficient (Wildman–Crippen LogP) is 2.61. The largest absolute Gasteiger partial charge is 0.390 e. The fourth-order valence-corrected chi connectivity index (χ4v) is 3.08. The van der Waals surface area contributed by atoms with Crippen molar-refractivity contribution in [3.63, 3.8) is 0 Å². The molecule has 7 heteroatoms. The number of hydrogen-bond acceptors (Lipinski definition) is 4. The Labute approximate surface area is 141 Å². The molecule has 0 fully saturated rings. The number of aliphatic hydroxyl groups excluding tert-OH is 1. The molecule has 0 saturated carbocycles. The standard InChI is InChI=1S/C16H33NO5S/c1-3-4-5-6-7-8-9-10-11-12-16(19)17(2)13-15(18)14-23(20,21)22/h15,18H,3-14H2,1-2H3,(H,20,21,22). The van der Waals surface area contributed by atoms with Crippen molar-refractivity contribution in [2.45, 2.75) is 77.2 Å². The fourth-order valence-electron chi connectivity index (χ4n) is 2.49. The Bertz CT molecular complexity index is 411. The zero-order chi connectivity index (χ0) is 17.7. The molecule has 138 valence electrons. The molecule has 0 aromatic carbocycles. The van der Waals surface area contributed by atoms with E-state index in [1.54, 1.807) is 0 Å². The summed E-state index contributed by atoms with van der Waals surface area (Å²) in [6, 6.07) is 0. The highest BCUT2D eigenvalue weighted by atomic mass is 32.2. The van der Waals surface area contributed by atoms with Crippen molar-refractivity contribution in [3.05, 3.63) is 0 Å². The Kier molecular flexibility index (Phi) is 12.4. The summed E-state index contributed by atoms with van der Waals surface area (Å²) >= 11 is 0. The molecule has 0 spiro atoms. The number of nitrogens with zero attached hydrogens (tertiary/aromatic N) is 1. The maximum Gasteiger partial charge on any atom is 0.267 e. The van der Waals surface area contributed by atoms with E-state index in [1.165, 1.54) is 50.5 Å². The second-order valence-corrected chi connectivity index (χ2v) is 7.75. The van der Waals surface area contributed by atoms with Crippen molar-refractivity contribution in [2.24, 2.45) is 0 Å². The third-order valence-corrected chi connectivity index (χ3v) is 4.61. The van der Waals surface area contributed by atoms with E-state index >= 15 is 0 Å². The molecule has 1 amide bonds. The number of aliphatic hydroxyl groups is 1. The lowest BCUT2D eigenvalue weighted by Gasteiger charge is -2.20. The minimum absolute atomic E-state index is 0.0873. The van der Waals surface area contributed by atoms with Crippen molar-refractivity contribution in [2.75, 3.05) is 19.3 Å². The summed E-state index contributed by atoms with van der Waals surface area (Å²) in [4.78, 5) is 13.2. The van der Waals surface area contributed by atoms with E-state index in [0.29, 0.717) is 6.42 Å². The smallest absolute Gasteiger partial charge is 0.267 e. The second-order valence-electron chi connectivity index (χ2n) is 6.26. The first-order valence-electron chi connectivity index (χ1n) is 8.63. The Hall–Kier alpha value is -0.660. The Balaban J connectivity index is 3.65. The van der Waals surface area contributed by atoms with Crippen molar-refractivity contribution < 1.29 is 22.9 Å². The van der Waals surface area contributed by atoms with Crippen LogP contribution >= 0.6 is 0 Å². The molecule has 6 nitrogen and oxygen atoms in total. The van der Waals surface area contributed by atoms with Gasteiger partial charge < -0.3 is 10.0 Å². The zero-order valence-electron chi connectivity index (χ0n) is 14.5. The van der Waals surface area contributed by atoms with Gasteiger partial charge in [0.25, 0.3) is 10.1 Å². The number of hydrogen-bond donors (Lipinski definition) is 2. The summed E-state index contributed by atoms with van der Waals surface area (Å²) in [5, 5.41) is 9.50. The average molecular weight is 352 g/mol. The van der Waals surface area contributed by atoms with E-state index in [4.69, 9.17) is 4.55 Å². The molecule has 0 heterocycles. The van der Waals surface area contributed by atoms with Crippen LogP contribution in [-0.2, 0) is 14.9 Å². The van der Waals surface area contributed by atoms with E-state index in [-0.39, 0.29) is 12.5 Å². The summed E-state index contributed by atoms with van der Waals surface area (Å²) in [5.74, 6) is -0.856. The molecule has 0 aliphatic rings. The van der Waals surface area contributed by atoms with Crippen LogP contribution in [0.5, 0.6) is 0 Å². The Morgan fingerprint density at radius 1 is 1.00 bits per heavy atom. The van der Waals surface area contributed by atoms with Crippen LogP contribution in [0.2, 0.25) is 0 Å². The maximum atomic E-state index is 11.9. The first-order valence-corrected chi connectivity index (χ1v) is 10.2. The van der Waals surface area contributed by atoms with Crippen LogP contribution < -0.4 is 0 Å². The van der Waals surface area contributed by atoms with Gasteiger partial charge in [-0.05, 0) is 6.42 Å². The molecule has 0 aliphatic carbocycles. The zero-order valence-corrected chi connectivity index (χ0v) is 15.4. The van der Waals surface area contributed by atoms with Gasteiger partial charge in [-0.25, -0.2) is 0 Å². The van der Waals surface area contributed by atoms with Gasteiger partial charge in [-0.3, -0.25) is 9.35 Å². The maximum absolute atomic E-state index is 11.9. The van der Waals surface area contributed by atoms with Crippen LogP contribution in [0.3, 0.4) is 0 Å². The van der Waals surface area contributed by atoms with Gasteiger partial charge in [0.15, 0.2) is 0 Å². The molecule has 23 heavy (non-hydrogen) atoms. The minimum Gasteiger partial charge on any atom is -0.390 e. The molecule has 0 radical (unpaired) electrons. The normalized spacial score (nSPS) is 13.0. The van der Waals surface area contributed by atoms with Crippen LogP contribution in [0, 0.1) is 0 Å². The van der Waals surface area contributed by atoms with E-state index < -0.39 is 22.0 Å². The molecule has 0 rings (SSSR count). The van der Waals surface area contributed by atoms with Crippen LogP contribution in [0.1, 0.15) is 71.1 Å². The third kappa shape index (κ3) is 14.7. The molecule has 0 aliphatic heterocycles. The van der Waals surface area contributed by atoms with Crippen LogP contribution in [-0.4, -0.2) is 54.3 Å². The van der Waals surface area contributed by atoms with E-state index in [0.717, 1.165) is 19.3 Å². The van der Waals surface area contributed by atoms with Crippen molar-refractivity contribution in [1.82, 2.24) is 4.90 Å². The average Bonchev–Trinajstić information content (AvgIpc) is 2.43. The van der Waals surface area contributed by atoms with Gasteiger partial charge in [-0.15, -0.1) is 0 Å². The SMILES string of the molecule is CCCCCCCCCCCC(=O)N(C)CC(O)CS(=O)(=O)O. The minimum atomic E-state index is -4.22. The number of carbonyl (C=O) groups excluding carboxylic acids is 1. The molecule has 0 bridgehead atoms. The number of amides is 1. The Morgan fingerprint density at radius 3 is 1.96 bits per heavy atom. The lowest BCUT2D eigenvalue weighted by Crippen LogP contribution is -2.37. The summed E-state index contributed by atoms with van der Waals surface area (Å²) in [6.45, 7) is 2.12. The molecular weight excluding hydrogens is 318 g/mol. The van der Waals surface area contributed by atoms with Gasteiger partial charge in [0.05, 0.1) is 6.10 Å². The number of rotatable bonds is 14. The molecule has 0 aromatic heterocycles. The van der Waals surface area contributed by atoms with E-state index in [9.17, 15) is 18.3 Å². The molecule has 1 atom stereocenters. The van der Waals surface area contributed by atoms with E-state index in [2.05, 4.69) is 6.92 Å². The van der Waals surface area contributed by atoms with Gasteiger partial charge in [0.2, 0.25) is 5.91 Å². The third-order valence-electron chi connectivity index (χ3n) is 3.81. The highest BCUT2D eigenvalue weighted by Gasteiger charge is 2.18. The van der Waals surface area contributed by atoms with Crippen LogP contribution in [0.15, 0.2) is 0 Å². The van der Waals surface area contributed by atoms with Gasteiger partial charge in [-0.2, -0.15) is 8.42 Å². The quantitative estimate of drug-likeness (QED) is 0.370. The summed E-state index contributed by atoms with van der Waals surface area (Å²) in [6.07, 6.45) is 9.75. The van der Waals surface area contributed by atoms with Crippen molar-refractivity contribution >= 4 is 16.0 Å². The summed E-state index contributed by atoms with van der Waals surface area (Å²) in [5.41, 5.74) is 0. The van der Waals surface area contributed by atoms with Crippen LogP contribution in [0.4, 0.5) is 0 Å². The highest BCUT2D eigenvalue weighted by molar-refractivity contribution is 7.85. The number of likely N-dealkylation sites (N-methyl/N-ethyl adjacent to an activating group) is 1. The lowest BCUT2D eigenvalue weighted by atomic mass is 10.1. The van der Waals surface area contributed by atoms with Crippen LogP contribution in [0.25, 0.3) is 0 Å². The topological polar surface area (TPSA) is 94.9 Å². The van der Waals surface area contributed by atoms with Gasteiger partial charge in [-0.1, -0.05) is 58.3 Å². The van der Waals surface area contributed by atoms with Crippen molar-refractivity contribution in [1.29, 1.82) is 0 Å². The second kappa shape index (κ2) is 12.7. The fraction of sp³-hybridized carbons (Fsp3) is 0.938. The molecule has 1 unspecified atom stereocenters. The monoisotopic (exact) mass is 351 g/mol. The van der Waals surface area contributed by atoms with E-state index in [1.807, 2.05) is 0 Å². The lowest BCUT2D eigenvalue weighted by molar-refractivity contribution is -0.131. The summed E-state index contributed by atoms with van der Waals surface area (Å²) < 4.78 is 29.9. The first kappa shape index (κ1) is 22.3. The Morgan fingerprint density at radius 2 is 1.48 bits per heavy atom. The summed E-state index contributed by atoms with van der Waals surface area (Å²) in [7, 11) is -2.69. The molecule has 0 saturated heterocycles.